The van der Waals surface area contributed by atoms with Crippen LogP contribution in [0.4, 0.5) is 0 Å². The van der Waals surface area contributed by atoms with E-state index in [2.05, 4.69) is 424 Å². The second kappa shape index (κ2) is 29.4. The van der Waals surface area contributed by atoms with E-state index < -0.39 is 0 Å². The lowest BCUT2D eigenvalue weighted by Crippen LogP contribution is -1.93. The van der Waals surface area contributed by atoms with Crippen molar-refractivity contribution in [3.63, 3.8) is 0 Å². The monoisotopic (exact) mass is 1580 g/mol. The number of benzene rings is 20. The van der Waals surface area contributed by atoms with Crippen LogP contribution in [0, 0.1) is 0 Å². The highest BCUT2D eigenvalue weighted by Gasteiger charge is 2.21. The number of aryl methyl sites for hydroxylation is 1. The summed E-state index contributed by atoms with van der Waals surface area (Å²) < 4.78 is 7.04. The van der Waals surface area contributed by atoms with Crippen LogP contribution in [0.2, 0.25) is 0 Å². The first-order valence-electron chi connectivity index (χ1n) is 42.1. The van der Waals surface area contributed by atoms with Crippen LogP contribution in [0.25, 0.3) is 241 Å². The zero-order valence-electron chi connectivity index (χ0n) is 67.4. The normalized spacial score (nSPS) is 11.8. The maximum Gasteiger partial charge on any atom is 0.0971 e. The Morgan fingerprint density at radius 3 is 0.750 bits per heavy atom. The van der Waals surface area contributed by atoms with Crippen LogP contribution in [0.15, 0.2) is 425 Å². The fourth-order valence-corrected chi connectivity index (χ4v) is 19.5. The molecule has 0 unspecified atom stereocenters. The van der Waals surface area contributed by atoms with Crippen LogP contribution >= 0.6 is 0 Å². The molecule has 0 amide bonds. The molecule has 0 aliphatic rings. The molecule has 0 N–H and O–H groups in total. The van der Waals surface area contributed by atoms with Gasteiger partial charge in [-0.05, 0) is 178 Å². The molecule has 0 atom stereocenters. The molecule has 0 saturated carbocycles. The Hall–Kier alpha value is -16.6. The molecule has 6 aromatic heterocycles. The summed E-state index contributed by atoms with van der Waals surface area (Å²) in [5, 5.41) is 21.6. The van der Waals surface area contributed by atoms with Gasteiger partial charge in [0.05, 0.1) is 55.2 Å². The molecule has 124 heavy (non-hydrogen) atoms. The number of hydrogen-bond donors (Lipinski definition) is 0. The van der Waals surface area contributed by atoms with Crippen molar-refractivity contribution < 1.29 is 0 Å². The summed E-state index contributed by atoms with van der Waals surface area (Å²) in [7, 11) is 2.15. The molecule has 0 bridgehead atoms. The van der Waals surface area contributed by atoms with E-state index in [1.54, 1.807) is 37.2 Å². The van der Waals surface area contributed by atoms with Crippen LogP contribution in [0.1, 0.15) is 0 Å². The van der Waals surface area contributed by atoms with Crippen molar-refractivity contribution in [2.75, 3.05) is 0 Å². The number of aromatic nitrogens is 9. The van der Waals surface area contributed by atoms with Gasteiger partial charge in [-0.1, -0.05) is 309 Å². The molecule has 6 heterocycles. The minimum atomic E-state index is 0.940. The van der Waals surface area contributed by atoms with Crippen LogP contribution in [0.5, 0.6) is 0 Å². The predicted octanol–water partition coefficient (Wildman–Crippen LogP) is 29.6. The van der Waals surface area contributed by atoms with E-state index in [1.807, 2.05) is 0 Å². The number of para-hydroxylation sites is 5. The van der Waals surface area contributed by atoms with Gasteiger partial charge in [-0.25, -0.2) is 0 Å². The van der Waals surface area contributed by atoms with Gasteiger partial charge >= 0.3 is 0 Å². The number of hydrogen-bond acceptors (Lipinski definition) is 6. The van der Waals surface area contributed by atoms with Gasteiger partial charge in [0.25, 0.3) is 0 Å². The van der Waals surface area contributed by atoms with Crippen molar-refractivity contribution in [1.82, 2.24) is 43.6 Å². The molecule has 578 valence electrons. The van der Waals surface area contributed by atoms with Gasteiger partial charge in [-0.15, -0.1) is 0 Å². The van der Waals surface area contributed by atoms with Gasteiger partial charge in [0, 0.05) is 131 Å². The maximum absolute atomic E-state index is 4.74. The minimum absolute atomic E-state index is 0.940. The molecule has 26 rings (SSSR count). The van der Waals surface area contributed by atoms with Crippen LogP contribution in [-0.2, 0) is 7.05 Å². The van der Waals surface area contributed by atoms with Gasteiger partial charge in [0.1, 0.15) is 0 Å². The quantitative estimate of drug-likeness (QED) is 0.141. The first-order chi connectivity index (χ1) is 61.4. The molecule has 0 radical (unpaired) electrons. The summed E-state index contributed by atoms with van der Waals surface area (Å²) in [5.41, 5.74) is 29.8. The maximum atomic E-state index is 4.74. The predicted molar refractivity (Wildman–Crippen MR) is 519 cm³/mol. The largest absolute Gasteiger partial charge is 0.344 e. The summed E-state index contributed by atoms with van der Waals surface area (Å²) in [5.74, 6) is 0. The first kappa shape index (κ1) is 71.5. The summed E-state index contributed by atoms with van der Waals surface area (Å²) in [6, 6.07) is 140. The standard InChI is InChI=1S/2C40H25N3.C35H23N3/c1-2-10-28(11-3-1)43-37-17-9-8-15-32(37)33-20-18-27(25-38(33)43)30-13-5-4-12-29(30)26-19-21-35-36(24-26)31-14-6-7-16-34(31)39-40(35)42-23-22-41-39;1-2-8-30(9-3-1)43-37-13-7-6-11-32(37)33-20-18-29(25-38(33)43)27-16-14-26(15-17-27)28-19-21-35-36(24-28)31-10-4-5-12-34(31)39-40(35)42-23-22-41-39;1-38-32-9-5-4-7-27(32)28-16-14-25(21-33(28)38)23-12-10-22(11-13-23)24-15-17-30-31(20-24)26-6-2-3-8-29(26)34-35(30)37-19-18-36-34/h2*1-25H;2-21H,1H3. The van der Waals surface area contributed by atoms with Crippen molar-refractivity contribution in [1.29, 1.82) is 0 Å². The van der Waals surface area contributed by atoms with E-state index in [4.69, 9.17) is 15.0 Å². The van der Waals surface area contributed by atoms with Crippen molar-refractivity contribution >= 4 is 163 Å². The van der Waals surface area contributed by atoms with E-state index in [0.29, 0.717) is 0 Å². The molecule has 0 saturated heterocycles. The average molecular weight is 1580 g/mol. The topological polar surface area (TPSA) is 92.1 Å². The Kier molecular flexibility index (Phi) is 17.0. The molecular formula is C115H73N9. The Labute approximate surface area is 712 Å². The molecule has 0 fully saturated rings. The molecule has 0 aliphatic heterocycles. The third-order valence-corrected chi connectivity index (χ3v) is 25.3. The summed E-state index contributed by atoms with van der Waals surface area (Å²) in [4.78, 5) is 28.1. The second-order valence-corrected chi connectivity index (χ2v) is 32.0. The van der Waals surface area contributed by atoms with E-state index in [0.717, 1.165) is 71.1 Å². The van der Waals surface area contributed by atoms with E-state index >= 15 is 0 Å². The van der Waals surface area contributed by atoms with E-state index in [1.165, 1.54) is 170 Å². The van der Waals surface area contributed by atoms with Gasteiger partial charge < -0.3 is 13.7 Å². The van der Waals surface area contributed by atoms with Crippen molar-refractivity contribution in [3.05, 3.63) is 425 Å². The van der Waals surface area contributed by atoms with Gasteiger partial charge in [-0.2, -0.15) is 0 Å². The molecule has 9 nitrogen and oxygen atoms in total. The SMILES string of the molecule is Cn1c2ccccc2c2ccc(-c3ccc(-c4ccc5c(c4)c4ccccc4c4nccnc54)cc3)cc21.c1ccc(-n2c3ccccc3c3ccc(-c4ccc(-c5ccc6c(c5)c5ccccc5c5nccnc65)cc4)cc32)cc1.c1ccc(-n2c3ccccc3c3ccc(-c4ccccc4-c4ccc5c(c4)c4ccccc4c4nccnc54)cc32)cc1. The summed E-state index contributed by atoms with van der Waals surface area (Å²) in [6.07, 6.45) is 10.7. The molecule has 0 aliphatic carbocycles. The smallest absolute Gasteiger partial charge is 0.0971 e. The zero-order chi connectivity index (χ0) is 81.9. The Balaban J connectivity index is 0.000000105. The average Bonchev–Trinajstić information content (AvgIpc) is 1.74. The van der Waals surface area contributed by atoms with Gasteiger partial charge in [-0.3, -0.25) is 29.9 Å². The zero-order valence-corrected chi connectivity index (χ0v) is 67.4. The third-order valence-electron chi connectivity index (χ3n) is 25.3. The molecule has 26 aromatic rings. The van der Waals surface area contributed by atoms with E-state index in [9.17, 15) is 0 Å². The van der Waals surface area contributed by atoms with Crippen molar-refractivity contribution in [2.45, 2.75) is 0 Å². The van der Waals surface area contributed by atoms with Gasteiger partial charge in [0.15, 0.2) is 0 Å². The number of fused-ring (bicyclic) bond motifs is 27. The fourth-order valence-electron chi connectivity index (χ4n) is 19.5. The molecular weight excluding hydrogens is 1510 g/mol. The Morgan fingerprint density at radius 1 is 0.153 bits per heavy atom. The highest BCUT2D eigenvalue weighted by Crippen LogP contribution is 2.45. The van der Waals surface area contributed by atoms with Crippen molar-refractivity contribution in [3.8, 4) is 78.1 Å². The van der Waals surface area contributed by atoms with Crippen molar-refractivity contribution in [2.24, 2.45) is 7.05 Å². The number of rotatable bonds is 8. The fraction of sp³-hybridized carbons (Fsp3) is 0.00870. The van der Waals surface area contributed by atoms with Crippen LogP contribution in [0.3, 0.4) is 0 Å². The summed E-state index contributed by atoms with van der Waals surface area (Å²) in [6.45, 7) is 0. The minimum Gasteiger partial charge on any atom is -0.344 e. The number of nitrogens with zero attached hydrogens (tertiary/aromatic N) is 9. The Bertz CT molecular complexity index is 8710. The van der Waals surface area contributed by atoms with Crippen LogP contribution in [-0.4, -0.2) is 43.6 Å². The lowest BCUT2D eigenvalue weighted by atomic mass is 9.91. The lowest BCUT2D eigenvalue weighted by molar-refractivity contribution is 1.01. The molecule has 20 aromatic carbocycles. The highest BCUT2D eigenvalue weighted by atomic mass is 15.0. The second-order valence-electron chi connectivity index (χ2n) is 32.0. The highest BCUT2D eigenvalue weighted by molar-refractivity contribution is 6.27. The summed E-state index contributed by atoms with van der Waals surface area (Å²) >= 11 is 0. The van der Waals surface area contributed by atoms with Gasteiger partial charge in [0.2, 0.25) is 0 Å². The van der Waals surface area contributed by atoms with E-state index in [-0.39, 0.29) is 0 Å². The lowest BCUT2D eigenvalue weighted by Gasteiger charge is -2.14. The molecule has 0 spiro atoms. The first-order valence-corrected chi connectivity index (χ1v) is 42.1. The Morgan fingerprint density at radius 2 is 0.379 bits per heavy atom. The van der Waals surface area contributed by atoms with Crippen LogP contribution < -0.4 is 0 Å². The third kappa shape index (κ3) is 11.8. The molecule has 9 heteroatoms.